The average Bonchev–Trinajstić information content (AvgIpc) is 2.98. The molecule has 0 atom stereocenters. The van der Waals surface area contributed by atoms with Crippen LogP contribution in [0.3, 0.4) is 0 Å². The Morgan fingerprint density at radius 3 is 2.42 bits per heavy atom. The number of carbonyl (C=O) groups excluding carboxylic acids is 1. The first kappa shape index (κ1) is 22.8. The first-order valence-electron chi connectivity index (χ1n) is 10.3. The Labute approximate surface area is 184 Å². The summed E-state index contributed by atoms with van der Waals surface area (Å²) in [6.07, 6.45) is 1.96. The van der Waals surface area contributed by atoms with Crippen molar-refractivity contribution < 1.29 is 13.2 Å². The first-order valence-corrected chi connectivity index (χ1v) is 12.2. The average molecular weight is 441 g/mol. The predicted octanol–water partition coefficient (Wildman–Crippen LogP) is 2.37. The van der Waals surface area contributed by atoms with Gasteiger partial charge >= 0.3 is 0 Å². The largest absolute Gasteiger partial charge is 0.340 e. The van der Waals surface area contributed by atoms with Crippen LogP contribution in [0.2, 0.25) is 0 Å². The smallest absolute Gasteiger partial charge is 0.243 e. The van der Waals surface area contributed by atoms with Crippen LogP contribution < -0.4 is 4.31 Å². The summed E-state index contributed by atoms with van der Waals surface area (Å²) >= 11 is 0. The molecule has 2 aromatic rings. The lowest BCUT2D eigenvalue weighted by atomic mass is 10.1. The van der Waals surface area contributed by atoms with E-state index >= 15 is 0 Å². The summed E-state index contributed by atoms with van der Waals surface area (Å²) in [5.41, 5.74) is 3.11. The summed E-state index contributed by atoms with van der Waals surface area (Å²) in [6.45, 7) is 5.14. The molecule has 1 heterocycles. The molecule has 3 rings (SSSR count). The normalized spacial score (nSPS) is 15.2. The number of para-hydroxylation sites is 1. The molecule has 0 saturated carbocycles. The molecule has 1 aliphatic rings. The van der Waals surface area contributed by atoms with Crippen LogP contribution in [0, 0.1) is 18.3 Å². The fourth-order valence-electron chi connectivity index (χ4n) is 3.77. The van der Waals surface area contributed by atoms with E-state index in [4.69, 9.17) is 5.26 Å². The van der Waals surface area contributed by atoms with Gasteiger partial charge in [-0.25, -0.2) is 8.42 Å². The number of carbonyl (C=O) groups is 1. The topological polar surface area (TPSA) is 84.7 Å². The summed E-state index contributed by atoms with van der Waals surface area (Å²) in [7, 11) is -3.59. The Morgan fingerprint density at radius 1 is 1.06 bits per heavy atom. The second-order valence-corrected chi connectivity index (χ2v) is 9.78. The van der Waals surface area contributed by atoms with Gasteiger partial charge in [0, 0.05) is 32.7 Å². The Hall–Kier alpha value is -2.89. The molecular weight excluding hydrogens is 412 g/mol. The van der Waals surface area contributed by atoms with Crippen LogP contribution in [0.25, 0.3) is 0 Å². The number of sulfonamides is 1. The van der Waals surface area contributed by atoms with Crippen LogP contribution in [-0.2, 0) is 21.4 Å². The van der Waals surface area contributed by atoms with Crippen LogP contribution in [0.4, 0.5) is 5.69 Å². The van der Waals surface area contributed by atoms with Gasteiger partial charge in [-0.15, -0.1) is 0 Å². The van der Waals surface area contributed by atoms with Crippen molar-refractivity contribution in [1.29, 1.82) is 5.26 Å². The van der Waals surface area contributed by atoms with Crippen LogP contribution in [0.1, 0.15) is 23.1 Å². The van der Waals surface area contributed by atoms with Crippen molar-refractivity contribution in [2.45, 2.75) is 19.9 Å². The molecule has 8 heteroatoms. The van der Waals surface area contributed by atoms with Gasteiger partial charge in [0.1, 0.15) is 6.54 Å². The van der Waals surface area contributed by atoms with Crippen LogP contribution >= 0.6 is 0 Å². The lowest BCUT2D eigenvalue weighted by Crippen LogP contribution is -2.44. The molecule has 0 radical (unpaired) electrons. The maximum Gasteiger partial charge on any atom is 0.243 e. The zero-order valence-electron chi connectivity index (χ0n) is 18.0. The molecule has 0 N–H and O–H groups in total. The molecular formula is C23H28N4O3S. The van der Waals surface area contributed by atoms with Crippen LogP contribution in [0.15, 0.2) is 48.5 Å². The van der Waals surface area contributed by atoms with Gasteiger partial charge in [-0.2, -0.15) is 5.26 Å². The number of hydrogen-bond acceptors (Lipinski definition) is 5. The number of aryl methyl sites for hydroxylation is 1. The van der Waals surface area contributed by atoms with Crippen molar-refractivity contribution in [3.63, 3.8) is 0 Å². The van der Waals surface area contributed by atoms with E-state index in [0.717, 1.165) is 43.4 Å². The fourth-order valence-corrected chi connectivity index (χ4v) is 4.68. The van der Waals surface area contributed by atoms with E-state index in [0.29, 0.717) is 24.3 Å². The molecule has 164 valence electrons. The predicted molar refractivity (Wildman–Crippen MR) is 121 cm³/mol. The van der Waals surface area contributed by atoms with Crippen molar-refractivity contribution >= 4 is 21.6 Å². The summed E-state index contributed by atoms with van der Waals surface area (Å²) in [5, 5.41) is 8.93. The summed E-state index contributed by atoms with van der Waals surface area (Å²) in [4.78, 5) is 17.0. The molecule has 0 bridgehead atoms. The third-order valence-corrected chi connectivity index (χ3v) is 6.62. The summed E-state index contributed by atoms with van der Waals surface area (Å²) in [6, 6.07) is 16.9. The van der Waals surface area contributed by atoms with Crippen molar-refractivity contribution in [3.05, 3.63) is 65.2 Å². The number of anilines is 1. The van der Waals surface area contributed by atoms with Gasteiger partial charge in [0.15, 0.2) is 0 Å². The minimum Gasteiger partial charge on any atom is -0.340 e. The molecule has 7 nitrogen and oxygen atoms in total. The second-order valence-electron chi connectivity index (χ2n) is 7.88. The Kier molecular flexibility index (Phi) is 7.31. The maximum absolute atomic E-state index is 13.0. The minimum absolute atomic E-state index is 0.186. The fraction of sp³-hybridized carbons (Fsp3) is 0.391. The van der Waals surface area contributed by atoms with Crippen molar-refractivity contribution in [3.8, 4) is 6.07 Å². The summed E-state index contributed by atoms with van der Waals surface area (Å²) in [5.74, 6) is -0.186. The highest BCUT2D eigenvalue weighted by Crippen LogP contribution is 2.22. The van der Waals surface area contributed by atoms with E-state index < -0.39 is 10.0 Å². The molecule has 1 aliphatic heterocycles. The van der Waals surface area contributed by atoms with Crippen molar-refractivity contribution in [2.75, 3.05) is 43.3 Å². The van der Waals surface area contributed by atoms with E-state index in [2.05, 4.69) is 11.0 Å². The SMILES string of the molecule is Cc1ccccc1N(CC(=O)N1CCCN(Cc2ccc(C#N)cc2)CC1)S(C)(=O)=O. The van der Waals surface area contributed by atoms with E-state index in [1.165, 1.54) is 4.31 Å². The molecule has 0 aromatic heterocycles. The number of rotatable bonds is 6. The van der Waals surface area contributed by atoms with Crippen LogP contribution in [0.5, 0.6) is 0 Å². The summed E-state index contributed by atoms with van der Waals surface area (Å²) < 4.78 is 26.0. The maximum atomic E-state index is 13.0. The van der Waals surface area contributed by atoms with Gasteiger partial charge in [0.05, 0.1) is 23.6 Å². The molecule has 1 amide bonds. The van der Waals surface area contributed by atoms with E-state index in [1.807, 2.05) is 43.3 Å². The highest BCUT2D eigenvalue weighted by molar-refractivity contribution is 7.92. The quantitative estimate of drug-likeness (QED) is 0.689. The lowest BCUT2D eigenvalue weighted by molar-refractivity contribution is -0.129. The molecule has 1 fully saturated rings. The third-order valence-electron chi connectivity index (χ3n) is 5.49. The van der Waals surface area contributed by atoms with Gasteiger partial charge in [-0.05, 0) is 42.7 Å². The zero-order chi connectivity index (χ0) is 22.4. The Morgan fingerprint density at radius 2 is 1.77 bits per heavy atom. The third kappa shape index (κ3) is 6.06. The Balaban J connectivity index is 1.64. The van der Waals surface area contributed by atoms with E-state index in [1.54, 1.807) is 17.0 Å². The minimum atomic E-state index is -3.59. The number of nitriles is 1. The molecule has 0 unspecified atom stereocenters. The van der Waals surface area contributed by atoms with E-state index in [-0.39, 0.29) is 12.5 Å². The molecule has 2 aromatic carbocycles. The van der Waals surface area contributed by atoms with Gasteiger partial charge in [-0.1, -0.05) is 30.3 Å². The number of amides is 1. The van der Waals surface area contributed by atoms with Crippen LogP contribution in [-0.4, -0.2) is 63.1 Å². The molecule has 31 heavy (non-hydrogen) atoms. The highest BCUT2D eigenvalue weighted by atomic mass is 32.2. The highest BCUT2D eigenvalue weighted by Gasteiger charge is 2.26. The van der Waals surface area contributed by atoms with Crippen molar-refractivity contribution in [1.82, 2.24) is 9.80 Å². The second kappa shape index (κ2) is 9.94. The monoisotopic (exact) mass is 440 g/mol. The number of hydrogen-bond donors (Lipinski definition) is 0. The molecule has 0 aliphatic carbocycles. The molecule has 0 spiro atoms. The lowest BCUT2D eigenvalue weighted by Gasteiger charge is -2.27. The molecule has 1 saturated heterocycles. The standard InChI is InChI=1S/C23H28N4O3S/c1-19-6-3-4-7-22(19)27(31(2,29)30)18-23(28)26-13-5-12-25(14-15-26)17-21-10-8-20(16-24)9-11-21/h3-4,6-11H,5,12-15,17-18H2,1-2H3. The van der Waals surface area contributed by atoms with Gasteiger partial charge < -0.3 is 4.90 Å². The van der Waals surface area contributed by atoms with Gasteiger partial charge in [-0.3, -0.25) is 14.0 Å². The zero-order valence-corrected chi connectivity index (χ0v) is 18.8. The number of benzene rings is 2. The Bertz CT molecular complexity index is 1060. The first-order chi connectivity index (χ1) is 14.8. The van der Waals surface area contributed by atoms with Crippen molar-refractivity contribution in [2.24, 2.45) is 0 Å². The number of nitrogens with zero attached hydrogens (tertiary/aromatic N) is 4. The van der Waals surface area contributed by atoms with E-state index in [9.17, 15) is 13.2 Å². The van der Waals surface area contributed by atoms with Gasteiger partial charge in [0.2, 0.25) is 15.9 Å². The van der Waals surface area contributed by atoms with Gasteiger partial charge in [0.25, 0.3) is 0 Å².